The van der Waals surface area contributed by atoms with Gasteiger partial charge in [0.15, 0.2) is 0 Å². The Kier molecular flexibility index (Phi) is 5.76. The Morgan fingerprint density at radius 2 is 1.81 bits per heavy atom. The van der Waals surface area contributed by atoms with E-state index in [9.17, 15) is 9.18 Å². The van der Waals surface area contributed by atoms with Crippen LogP contribution in [0.2, 0.25) is 5.02 Å². The second-order valence-electron chi connectivity index (χ2n) is 5.52. The largest absolute Gasteiger partial charge is 0.350 e. The molecule has 3 rings (SSSR count). The summed E-state index contributed by atoms with van der Waals surface area (Å²) in [5.74, 6) is -0.426. The van der Waals surface area contributed by atoms with Gasteiger partial charge in [-0.1, -0.05) is 41.9 Å². The number of rotatable bonds is 6. The van der Waals surface area contributed by atoms with Gasteiger partial charge < -0.3 is 10.6 Å². The molecule has 0 saturated heterocycles. The van der Waals surface area contributed by atoms with Crippen molar-refractivity contribution in [3.05, 3.63) is 88.5 Å². The Labute approximate surface area is 155 Å². The minimum atomic E-state index is -0.398. The number of aromatic nitrogens is 2. The van der Waals surface area contributed by atoms with Crippen molar-refractivity contribution in [3.8, 4) is 0 Å². The zero-order valence-corrected chi connectivity index (χ0v) is 14.5. The Morgan fingerprint density at radius 1 is 1.04 bits per heavy atom. The Hall–Kier alpha value is -2.99. The number of hydrogen-bond donors (Lipinski definition) is 2. The summed E-state index contributed by atoms with van der Waals surface area (Å²) in [4.78, 5) is 20.5. The van der Waals surface area contributed by atoms with Crippen molar-refractivity contribution in [1.82, 2.24) is 15.3 Å². The van der Waals surface area contributed by atoms with Crippen molar-refractivity contribution < 1.29 is 9.18 Å². The van der Waals surface area contributed by atoms with Crippen LogP contribution in [0.3, 0.4) is 0 Å². The molecule has 0 spiro atoms. The van der Waals surface area contributed by atoms with E-state index in [1.54, 1.807) is 30.3 Å². The Bertz CT molecular complexity index is 902. The molecule has 0 fully saturated rings. The van der Waals surface area contributed by atoms with E-state index in [0.717, 1.165) is 5.56 Å². The zero-order chi connectivity index (χ0) is 18.4. The maximum Gasteiger partial charge on any atom is 0.270 e. The fraction of sp³-hybridized carbons (Fsp3) is 0.105. The van der Waals surface area contributed by atoms with Crippen LogP contribution in [0.15, 0.2) is 60.8 Å². The summed E-state index contributed by atoms with van der Waals surface area (Å²) in [7, 11) is 0. The number of nitrogens with zero attached hydrogens (tertiary/aromatic N) is 2. The quantitative estimate of drug-likeness (QED) is 0.692. The average molecular weight is 371 g/mol. The van der Waals surface area contributed by atoms with E-state index < -0.39 is 5.91 Å². The molecule has 0 unspecified atom stereocenters. The van der Waals surface area contributed by atoms with Crippen molar-refractivity contribution in [2.45, 2.75) is 13.1 Å². The SMILES string of the molecule is O=C(NCc1ccccc1F)c1ccnc(NCc2ccc(Cl)cc2)n1. The predicted octanol–water partition coefficient (Wildman–Crippen LogP) is 3.81. The average Bonchev–Trinajstić information content (AvgIpc) is 2.67. The van der Waals surface area contributed by atoms with Gasteiger partial charge in [0.2, 0.25) is 5.95 Å². The second kappa shape index (κ2) is 8.40. The van der Waals surface area contributed by atoms with Crippen LogP contribution in [0.25, 0.3) is 0 Å². The number of nitrogens with one attached hydrogen (secondary N) is 2. The first-order chi connectivity index (χ1) is 12.6. The molecule has 1 heterocycles. The molecule has 0 atom stereocenters. The fourth-order valence-electron chi connectivity index (χ4n) is 2.26. The monoisotopic (exact) mass is 370 g/mol. The van der Waals surface area contributed by atoms with Crippen molar-refractivity contribution in [1.29, 1.82) is 0 Å². The number of halogens is 2. The summed E-state index contributed by atoms with van der Waals surface area (Å²) in [6, 6.07) is 15.2. The standard InChI is InChI=1S/C19H16ClFN4O/c20-15-7-5-13(6-8-15)11-24-19-22-10-9-17(25-19)18(26)23-12-14-3-1-2-4-16(14)21/h1-10H,11-12H2,(H,23,26)(H,22,24,25). The molecule has 132 valence electrons. The lowest BCUT2D eigenvalue weighted by atomic mass is 10.2. The maximum atomic E-state index is 13.6. The van der Waals surface area contributed by atoms with E-state index in [0.29, 0.717) is 23.1 Å². The van der Waals surface area contributed by atoms with Gasteiger partial charge in [0.05, 0.1) is 0 Å². The summed E-state index contributed by atoms with van der Waals surface area (Å²) >= 11 is 5.86. The van der Waals surface area contributed by atoms with Crippen molar-refractivity contribution >= 4 is 23.5 Å². The maximum absolute atomic E-state index is 13.6. The van der Waals surface area contributed by atoms with Gasteiger partial charge in [-0.25, -0.2) is 14.4 Å². The van der Waals surface area contributed by atoms with E-state index in [4.69, 9.17) is 11.6 Å². The molecule has 7 heteroatoms. The molecule has 3 aromatic rings. The molecule has 2 aromatic carbocycles. The van der Waals surface area contributed by atoms with Crippen molar-refractivity contribution in [2.75, 3.05) is 5.32 Å². The van der Waals surface area contributed by atoms with E-state index >= 15 is 0 Å². The first kappa shape index (κ1) is 17.8. The molecular formula is C19H16ClFN4O. The third kappa shape index (κ3) is 4.77. The van der Waals surface area contributed by atoms with Crippen LogP contribution in [-0.2, 0) is 13.1 Å². The highest BCUT2D eigenvalue weighted by Gasteiger charge is 2.10. The number of amides is 1. The van der Waals surface area contributed by atoms with E-state index in [1.165, 1.54) is 18.3 Å². The Morgan fingerprint density at radius 3 is 2.58 bits per heavy atom. The number of carbonyl (C=O) groups is 1. The van der Waals surface area contributed by atoms with E-state index in [2.05, 4.69) is 20.6 Å². The molecule has 1 amide bonds. The van der Waals surface area contributed by atoms with Crippen LogP contribution < -0.4 is 10.6 Å². The Balaban J connectivity index is 1.60. The normalized spacial score (nSPS) is 10.4. The number of benzene rings is 2. The van der Waals surface area contributed by atoms with Crippen molar-refractivity contribution in [2.24, 2.45) is 0 Å². The lowest BCUT2D eigenvalue weighted by Gasteiger charge is -2.08. The van der Waals surface area contributed by atoms with Gasteiger partial charge in [-0.3, -0.25) is 4.79 Å². The van der Waals surface area contributed by atoms with Gasteiger partial charge in [0, 0.05) is 29.9 Å². The summed E-state index contributed by atoms with van der Waals surface area (Å²) in [5, 5.41) is 6.37. The molecule has 0 aliphatic heterocycles. The van der Waals surface area contributed by atoms with Gasteiger partial charge >= 0.3 is 0 Å². The fourth-order valence-corrected chi connectivity index (χ4v) is 2.39. The van der Waals surface area contributed by atoms with Crippen LogP contribution in [-0.4, -0.2) is 15.9 Å². The molecule has 0 saturated carbocycles. The molecule has 5 nitrogen and oxygen atoms in total. The summed E-state index contributed by atoms with van der Waals surface area (Å²) in [5.41, 5.74) is 1.62. The van der Waals surface area contributed by atoms with Crippen LogP contribution >= 0.6 is 11.6 Å². The molecule has 0 bridgehead atoms. The smallest absolute Gasteiger partial charge is 0.270 e. The highest BCUT2D eigenvalue weighted by atomic mass is 35.5. The van der Waals surface area contributed by atoms with E-state index in [1.807, 2.05) is 12.1 Å². The van der Waals surface area contributed by atoms with Gasteiger partial charge in [-0.05, 0) is 29.8 Å². The molecule has 0 aliphatic rings. The topological polar surface area (TPSA) is 66.9 Å². The highest BCUT2D eigenvalue weighted by Crippen LogP contribution is 2.11. The third-order valence-electron chi connectivity index (χ3n) is 3.65. The first-order valence-electron chi connectivity index (χ1n) is 7.95. The van der Waals surface area contributed by atoms with Crippen LogP contribution in [0.5, 0.6) is 0 Å². The zero-order valence-electron chi connectivity index (χ0n) is 13.7. The predicted molar refractivity (Wildman–Crippen MR) is 98.4 cm³/mol. The van der Waals surface area contributed by atoms with Crippen molar-refractivity contribution in [3.63, 3.8) is 0 Å². The van der Waals surface area contributed by atoms with E-state index in [-0.39, 0.29) is 18.1 Å². The summed E-state index contributed by atoms with van der Waals surface area (Å²) < 4.78 is 13.6. The first-order valence-corrected chi connectivity index (χ1v) is 8.32. The molecule has 0 aliphatic carbocycles. The third-order valence-corrected chi connectivity index (χ3v) is 3.90. The lowest BCUT2D eigenvalue weighted by Crippen LogP contribution is -2.24. The number of carbonyl (C=O) groups excluding carboxylic acids is 1. The molecule has 26 heavy (non-hydrogen) atoms. The second-order valence-corrected chi connectivity index (χ2v) is 5.96. The summed E-state index contributed by atoms with van der Waals surface area (Å²) in [6.07, 6.45) is 1.50. The minimum Gasteiger partial charge on any atom is -0.350 e. The van der Waals surface area contributed by atoms with Crippen LogP contribution in [0.4, 0.5) is 10.3 Å². The van der Waals surface area contributed by atoms with Gasteiger partial charge in [-0.2, -0.15) is 0 Å². The van der Waals surface area contributed by atoms with Gasteiger partial charge in [0.25, 0.3) is 5.91 Å². The number of hydrogen-bond acceptors (Lipinski definition) is 4. The molecule has 2 N–H and O–H groups in total. The molecule has 1 aromatic heterocycles. The summed E-state index contributed by atoms with van der Waals surface area (Å²) in [6.45, 7) is 0.584. The molecular weight excluding hydrogens is 355 g/mol. The van der Waals surface area contributed by atoms with Crippen LogP contribution in [0.1, 0.15) is 21.6 Å². The number of anilines is 1. The van der Waals surface area contributed by atoms with Crippen LogP contribution in [0, 0.1) is 5.82 Å². The lowest BCUT2D eigenvalue weighted by molar-refractivity contribution is 0.0945. The van der Waals surface area contributed by atoms with Gasteiger partial charge in [0.1, 0.15) is 11.5 Å². The molecule has 0 radical (unpaired) electrons. The highest BCUT2D eigenvalue weighted by molar-refractivity contribution is 6.30. The minimum absolute atomic E-state index is 0.0864. The van der Waals surface area contributed by atoms with Gasteiger partial charge in [-0.15, -0.1) is 0 Å².